The molecule has 1 N–H and O–H groups in total. The maximum absolute atomic E-state index is 12.9. The lowest BCUT2D eigenvalue weighted by Crippen LogP contribution is -2.47. The molecule has 1 amide bonds. The van der Waals surface area contributed by atoms with Crippen molar-refractivity contribution in [2.45, 2.75) is 37.9 Å². The van der Waals surface area contributed by atoms with E-state index in [4.69, 9.17) is 0 Å². The Morgan fingerprint density at radius 3 is 2.76 bits per heavy atom. The number of alkyl halides is 3. The Balaban J connectivity index is 1.96. The Morgan fingerprint density at radius 1 is 1.33 bits per heavy atom. The number of aromatic nitrogens is 1. The summed E-state index contributed by atoms with van der Waals surface area (Å²) in [6.45, 7) is 0. The van der Waals surface area contributed by atoms with E-state index in [0.29, 0.717) is 19.3 Å². The standard InChI is InChI=1S/C15H17F3N2O/c16-15(17,18)12-5-1-2-6-13(12)20-14(21)8-7-11-4-3-9-19-10-11/h3-4,7-10,12-13H,1-2,5-6H2,(H,20,21). The Kier molecular flexibility index (Phi) is 4.98. The molecule has 0 spiro atoms. The van der Waals surface area contributed by atoms with Crippen LogP contribution in [0.2, 0.25) is 0 Å². The van der Waals surface area contributed by atoms with E-state index < -0.39 is 24.0 Å². The summed E-state index contributed by atoms with van der Waals surface area (Å²) in [6, 6.07) is 2.65. The molecule has 1 heterocycles. The van der Waals surface area contributed by atoms with Crippen molar-refractivity contribution in [2.24, 2.45) is 5.92 Å². The molecule has 1 saturated carbocycles. The maximum atomic E-state index is 12.9. The molecular weight excluding hydrogens is 281 g/mol. The molecule has 21 heavy (non-hydrogen) atoms. The molecule has 0 saturated heterocycles. The van der Waals surface area contributed by atoms with E-state index in [0.717, 1.165) is 5.56 Å². The van der Waals surface area contributed by atoms with Crippen LogP contribution >= 0.6 is 0 Å². The summed E-state index contributed by atoms with van der Waals surface area (Å²) in [6.07, 6.45) is 3.43. The number of nitrogens with zero attached hydrogens (tertiary/aromatic N) is 1. The SMILES string of the molecule is O=C(C=Cc1cccnc1)NC1CCCCC1C(F)(F)F. The van der Waals surface area contributed by atoms with Crippen LogP contribution in [0.4, 0.5) is 13.2 Å². The fourth-order valence-electron chi connectivity index (χ4n) is 2.57. The van der Waals surface area contributed by atoms with Crippen LogP contribution in [-0.2, 0) is 4.79 Å². The van der Waals surface area contributed by atoms with Gasteiger partial charge in [0, 0.05) is 24.5 Å². The molecule has 0 aromatic carbocycles. The Hall–Kier alpha value is -1.85. The van der Waals surface area contributed by atoms with E-state index in [1.807, 2.05) is 0 Å². The zero-order valence-electron chi connectivity index (χ0n) is 11.4. The highest BCUT2D eigenvalue weighted by molar-refractivity contribution is 5.91. The number of rotatable bonds is 3. The van der Waals surface area contributed by atoms with Gasteiger partial charge in [-0.25, -0.2) is 0 Å². The van der Waals surface area contributed by atoms with Crippen molar-refractivity contribution in [3.05, 3.63) is 36.2 Å². The lowest BCUT2D eigenvalue weighted by molar-refractivity contribution is -0.188. The molecule has 2 rings (SSSR count). The molecule has 1 aliphatic carbocycles. The number of carbonyl (C=O) groups is 1. The molecule has 0 aliphatic heterocycles. The zero-order valence-corrected chi connectivity index (χ0v) is 11.4. The summed E-state index contributed by atoms with van der Waals surface area (Å²) >= 11 is 0. The monoisotopic (exact) mass is 298 g/mol. The second-order valence-electron chi connectivity index (χ2n) is 5.17. The molecule has 2 atom stereocenters. The predicted octanol–water partition coefficient (Wildman–Crippen LogP) is 3.33. The minimum Gasteiger partial charge on any atom is -0.349 e. The quantitative estimate of drug-likeness (QED) is 0.870. The first-order valence-corrected chi connectivity index (χ1v) is 6.92. The highest BCUT2D eigenvalue weighted by Crippen LogP contribution is 2.37. The van der Waals surface area contributed by atoms with Crippen LogP contribution in [0.3, 0.4) is 0 Å². The number of hydrogen-bond acceptors (Lipinski definition) is 2. The van der Waals surface area contributed by atoms with E-state index in [9.17, 15) is 18.0 Å². The summed E-state index contributed by atoms with van der Waals surface area (Å²) in [5.74, 6) is -1.94. The van der Waals surface area contributed by atoms with Gasteiger partial charge in [0.15, 0.2) is 0 Å². The normalized spacial score (nSPS) is 23.2. The van der Waals surface area contributed by atoms with Gasteiger partial charge in [0.25, 0.3) is 0 Å². The zero-order chi connectivity index (χ0) is 15.3. The van der Waals surface area contributed by atoms with Crippen molar-refractivity contribution in [1.82, 2.24) is 10.3 Å². The number of nitrogens with one attached hydrogen (secondary N) is 1. The van der Waals surface area contributed by atoms with Crippen molar-refractivity contribution in [3.8, 4) is 0 Å². The Bertz CT molecular complexity index is 499. The number of halogens is 3. The highest BCUT2D eigenvalue weighted by atomic mass is 19.4. The Morgan fingerprint density at radius 2 is 2.10 bits per heavy atom. The van der Waals surface area contributed by atoms with E-state index in [1.165, 1.54) is 12.2 Å². The van der Waals surface area contributed by atoms with E-state index in [1.54, 1.807) is 24.5 Å². The molecule has 0 radical (unpaired) electrons. The summed E-state index contributed by atoms with van der Waals surface area (Å²) in [5.41, 5.74) is 0.726. The van der Waals surface area contributed by atoms with E-state index in [-0.39, 0.29) is 6.42 Å². The fourth-order valence-corrected chi connectivity index (χ4v) is 2.57. The van der Waals surface area contributed by atoms with Gasteiger partial charge in [-0.15, -0.1) is 0 Å². The lowest BCUT2D eigenvalue weighted by Gasteiger charge is -2.33. The van der Waals surface area contributed by atoms with Crippen molar-refractivity contribution in [2.75, 3.05) is 0 Å². The van der Waals surface area contributed by atoms with E-state index in [2.05, 4.69) is 10.3 Å². The molecule has 2 unspecified atom stereocenters. The molecule has 3 nitrogen and oxygen atoms in total. The first-order chi connectivity index (χ1) is 9.97. The van der Waals surface area contributed by atoms with Crippen LogP contribution in [0.5, 0.6) is 0 Å². The summed E-state index contributed by atoms with van der Waals surface area (Å²) < 4.78 is 38.7. The van der Waals surface area contributed by atoms with Crippen LogP contribution in [0.15, 0.2) is 30.6 Å². The smallest absolute Gasteiger partial charge is 0.349 e. The van der Waals surface area contributed by atoms with Crippen LogP contribution in [-0.4, -0.2) is 23.1 Å². The third-order valence-corrected chi connectivity index (χ3v) is 3.63. The summed E-state index contributed by atoms with van der Waals surface area (Å²) in [4.78, 5) is 15.7. The molecule has 0 bridgehead atoms. The van der Waals surface area contributed by atoms with E-state index >= 15 is 0 Å². The first kappa shape index (κ1) is 15.5. The second-order valence-corrected chi connectivity index (χ2v) is 5.17. The third-order valence-electron chi connectivity index (χ3n) is 3.63. The van der Waals surface area contributed by atoms with Gasteiger partial charge in [-0.1, -0.05) is 18.9 Å². The molecule has 1 aliphatic rings. The minimum atomic E-state index is -4.26. The average molecular weight is 298 g/mol. The molecule has 1 fully saturated rings. The third kappa shape index (κ3) is 4.58. The molecule has 6 heteroatoms. The van der Waals surface area contributed by atoms with Gasteiger partial charge in [0.05, 0.1) is 5.92 Å². The van der Waals surface area contributed by atoms with Crippen molar-refractivity contribution < 1.29 is 18.0 Å². The van der Waals surface area contributed by atoms with Gasteiger partial charge in [0.2, 0.25) is 5.91 Å². The molecule has 1 aromatic heterocycles. The van der Waals surface area contributed by atoms with Gasteiger partial charge in [0.1, 0.15) is 0 Å². The van der Waals surface area contributed by atoms with Crippen LogP contribution in [0.25, 0.3) is 6.08 Å². The van der Waals surface area contributed by atoms with Gasteiger partial charge >= 0.3 is 6.18 Å². The first-order valence-electron chi connectivity index (χ1n) is 6.92. The van der Waals surface area contributed by atoms with Crippen LogP contribution in [0.1, 0.15) is 31.2 Å². The highest BCUT2D eigenvalue weighted by Gasteiger charge is 2.45. The summed E-state index contributed by atoms with van der Waals surface area (Å²) in [7, 11) is 0. The lowest BCUT2D eigenvalue weighted by atomic mass is 9.84. The number of pyridine rings is 1. The topological polar surface area (TPSA) is 42.0 Å². The van der Waals surface area contributed by atoms with Crippen molar-refractivity contribution >= 4 is 12.0 Å². The van der Waals surface area contributed by atoms with Crippen molar-refractivity contribution in [1.29, 1.82) is 0 Å². The Labute approximate surface area is 121 Å². The fraction of sp³-hybridized carbons (Fsp3) is 0.467. The number of hydrogen-bond donors (Lipinski definition) is 1. The molecule has 114 valence electrons. The predicted molar refractivity (Wildman–Crippen MR) is 73.2 cm³/mol. The van der Waals surface area contributed by atoms with Crippen LogP contribution < -0.4 is 5.32 Å². The molecule has 1 aromatic rings. The second kappa shape index (κ2) is 6.74. The minimum absolute atomic E-state index is 0.0841. The largest absolute Gasteiger partial charge is 0.393 e. The van der Waals surface area contributed by atoms with Crippen LogP contribution in [0, 0.1) is 5.92 Å². The van der Waals surface area contributed by atoms with Gasteiger partial charge < -0.3 is 5.32 Å². The van der Waals surface area contributed by atoms with Crippen molar-refractivity contribution in [3.63, 3.8) is 0 Å². The number of carbonyl (C=O) groups excluding carboxylic acids is 1. The summed E-state index contributed by atoms with van der Waals surface area (Å²) in [5, 5.41) is 2.48. The van der Waals surface area contributed by atoms with Gasteiger partial charge in [-0.2, -0.15) is 13.2 Å². The van der Waals surface area contributed by atoms with Gasteiger partial charge in [-0.05, 0) is 30.5 Å². The molecular formula is C15H17F3N2O. The van der Waals surface area contributed by atoms with Gasteiger partial charge in [-0.3, -0.25) is 9.78 Å². The maximum Gasteiger partial charge on any atom is 0.393 e. The average Bonchev–Trinajstić information content (AvgIpc) is 2.46. The number of amides is 1.